The fraction of sp³-hybridized carbons (Fsp3) is 0.733. The Morgan fingerprint density at radius 3 is 1.93 bits per heavy atom. The maximum Gasteiger partial charge on any atom is -0.0280 e. The van der Waals surface area contributed by atoms with Gasteiger partial charge in [-0.05, 0) is 57.8 Å². The van der Waals surface area contributed by atoms with Gasteiger partial charge in [0.15, 0.2) is 0 Å². The van der Waals surface area contributed by atoms with Crippen LogP contribution in [-0.2, 0) is 0 Å². The van der Waals surface area contributed by atoms with Crippen LogP contribution in [0.15, 0.2) is 23.3 Å². The van der Waals surface area contributed by atoms with E-state index in [2.05, 4.69) is 19.1 Å². The van der Waals surface area contributed by atoms with E-state index in [9.17, 15) is 0 Å². The van der Waals surface area contributed by atoms with Crippen molar-refractivity contribution < 1.29 is 0 Å². The first-order chi connectivity index (χ1) is 7.40. The molecule has 0 nitrogen and oxygen atoms in total. The molecular weight excluding hydrogens is 180 g/mol. The van der Waals surface area contributed by atoms with E-state index in [1.54, 1.807) is 0 Å². The number of hydrogen-bond acceptors (Lipinski definition) is 0. The molecule has 0 heteroatoms. The fourth-order valence-electron chi connectivity index (χ4n) is 2.55. The Bertz CT molecular complexity index is 214. The van der Waals surface area contributed by atoms with Crippen molar-refractivity contribution in [2.24, 2.45) is 5.92 Å². The van der Waals surface area contributed by atoms with E-state index in [0.29, 0.717) is 0 Å². The second-order valence-electron chi connectivity index (χ2n) is 4.46. The topological polar surface area (TPSA) is 0 Å². The predicted octanol–water partition coefficient (Wildman–Crippen LogP) is 5.26. The summed E-state index contributed by atoms with van der Waals surface area (Å²) in [5, 5.41) is 0. The van der Waals surface area contributed by atoms with Gasteiger partial charge in [0.2, 0.25) is 0 Å². The van der Waals surface area contributed by atoms with Gasteiger partial charge in [-0.15, -0.1) is 0 Å². The van der Waals surface area contributed by atoms with Gasteiger partial charge in [-0.3, -0.25) is 0 Å². The minimum Gasteiger partial charge on any atom is -0.0917 e. The molecule has 0 atom stereocenters. The van der Waals surface area contributed by atoms with Crippen molar-refractivity contribution in [1.29, 1.82) is 0 Å². The molecule has 0 spiro atoms. The van der Waals surface area contributed by atoms with Gasteiger partial charge in [0, 0.05) is 0 Å². The molecule has 0 N–H and O–H groups in total. The number of allylic oxidation sites excluding steroid dienone is 4. The maximum atomic E-state index is 2.34. The van der Waals surface area contributed by atoms with Crippen molar-refractivity contribution in [3.63, 3.8) is 0 Å². The Labute approximate surface area is 95.5 Å². The molecule has 2 rings (SSSR count). The van der Waals surface area contributed by atoms with E-state index in [1.807, 2.05) is 25.0 Å². The van der Waals surface area contributed by atoms with Gasteiger partial charge in [-0.25, -0.2) is 0 Å². The summed E-state index contributed by atoms with van der Waals surface area (Å²) < 4.78 is 0. The summed E-state index contributed by atoms with van der Waals surface area (Å²) in [6.45, 7) is 6.13. The molecule has 0 saturated carbocycles. The van der Waals surface area contributed by atoms with Crippen molar-refractivity contribution in [2.45, 2.75) is 65.7 Å². The lowest BCUT2D eigenvalue weighted by molar-refractivity contribution is 0.470. The summed E-state index contributed by atoms with van der Waals surface area (Å²) >= 11 is 0. The molecule has 2 aliphatic rings. The van der Waals surface area contributed by atoms with Gasteiger partial charge >= 0.3 is 0 Å². The molecule has 86 valence electrons. The minimum atomic E-state index is 0.974. The molecule has 0 bridgehead atoms. The normalized spacial score (nSPS) is 21.5. The second kappa shape index (κ2) is 6.87. The highest BCUT2D eigenvalue weighted by atomic mass is 14.3. The van der Waals surface area contributed by atoms with Crippen LogP contribution in [0.3, 0.4) is 0 Å². The van der Waals surface area contributed by atoms with E-state index in [1.165, 1.54) is 44.9 Å². The Balaban J connectivity index is 0.000000531. The third kappa shape index (κ3) is 3.52. The van der Waals surface area contributed by atoms with Crippen LogP contribution < -0.4 is 0 Å². The summed E-state index contributed by atoms with van der Waals surface area (Å²) in [5.74, 6) is 0.974. The third-order valence-corrected chi connectivity index (χ3v) is 3.64. The molecular formula is C15H26. The lowest BCUT2D eigenvalue weighted by Gasteiger charge is -2.21. The molecule has 0 aromatic carbocycles. The van der Waals surface area contributed by atoms with Gasteiger partial charge in [0.05, 0.1) is 0 Å². The Morgan fingerprint density at radius 2 is 1.53 bits per heavy atom. The van der Waals surface area contributed by atoms with Crippen molar-refractivity contribution in [3.8, 4) is 0 Å². The van der Waals surface area contributed by atoms with E-state index < -0.39 is 0 Å². The van der Waals surface area contributed by atoms with Crippen LogP contribution in [0, 0.1) is 5.92 Å². The zero-order valence-corrected chi connectivity index (χ0v) is 10.7. The van der Waals surface area contributed by atoms with Crippen LogP contribution in [0.4, 0.5) is 0 Å². The lowest BCUT2D eigenvalue weighted by atomic mass is 9.85. The van der Waals surface area contributed by atoms with Crippen molar-refractivity contribution in [2.75, 3.05) is 0 Å². The van der Waals surface area contributed by atoms with Crippen LogP contribution >= 0.6 is 0 Å². The minimum absolute atomic E-state index is 0.974. The van der Waals surface area contributed by atoms with Crippen LogP contribution in [0.25, 0.3) is 0 Å². The third-order valence-electron chi connectivity index (χ3n) is 3.64. The SMILES string of the molecule is C/C=C\CC1CCC2=C(CC2)CC1.CC. The van der Waals surface area contributed by atoms with Crippen molar-refractivity contribution in [1.82, 2.24) is 0 Å². The Kier molecular flexibility index (Phi) is 5.75. The number of hydrogen-bond donors (Lipinski definition) is 0. The molecule has 0 aromatic rings. The molecule has 0 heterocycles. The standard InChI is InChI=1S/C13H20.C2H6/c1-2-3-4-11-5-7-12-9-10-13(12)8-6-11;1-2/h2-3,11H,4-10H2,1H3;1-2H3/b3-2-;. The summed E-state index contributed by atoms with van der Waals surface area (Å²) in [4.78, 5) is 0. The summed E-state index contributed by atoms with van der Waals surface area (Å²) in [5.41, 5.74) is 3.64. The lowest BCUT2D eigenvalue weighted by Crippen LogP contribution is -2.01. The molecule has 0 aliphatic heterocycles. The molecule has 0 unspecified atom stereocenters. The van der Waals surface area contributed by atoms with Crippen LogP contribution in [0.2, 0.25) is 0 Å². The Hall–Kier alpha value is -0.520. The van der Waals surface area contributed by atoms with Gasteiger partial charge in [-0.1, -0.05) is 37.1 Å². The van der Waals surface area contributed by atoms with Crippen molar-refractivity contribution >= 4 is 0 Å². The van der Waals surface area contributed by atoms with Gasteiger partial charge in [0.1, 0.15) is 0 Å². The fourth-order valence-corrected chi connectivity index (χ4v) is 2.55. The largest absolute Gasteiger partial charge is 0.0917 e. The predicted molar refractivity (Wildman–Crippen MR) is 69.0 cm³/mol. The van der Waals surface area contributed by atoms with Gasteiger partial charge in [0.25, 0.3) is 0 Å². The van der Waals surface area contributed by atoms with E-state index >= 15 is 0 Å². The smallest absolute Gasteiger partial charge is 0.0280 e. The molecule has 0 saturated heterocycles. The first-order valence-electron chi connectivity index (χ1n) is 6.71. The molecule has 0 fully saturated rings. The quantitative estimate of drug-likeness (QED) is 0.541. The van der Waals surface area contributed by atoms with Gasteiger partial charge in [-0.2, -0.15) is 0 Å². The van der Waals surface area contributed by atoms with Crippen molar-refractivity contribution in [3.05, 3.63) is 23.3 Å². The average Bonchev–Trinajstić information content (AvgIpc) is 2.38. The highest BCUT2D eigenvalue weighted by Crippen LogP contribution is 2.40. The second-order valence-corrected chi connectivity index (χ2v) is 4.46. The highest BCUT2D eigenvalue weighted by molar-refractivity contribution is 5.25. The zero-order chi connectivity index (χ0) is 11.1. The first kappa shape index (κ1) is 12.5. The molecule has 0 amide bonds. The van der Waals surface area contributed by atoms with E-state index in [-0.39, 0.29) is 0 Å². The zero-order valence-electron chi connectivity index (χ0n) is 10.7. The summed E-state index contributed by atoms with van der Waals surface area (Å²) in [7, 11) is 0. The summed E-state index contributed by atoms with van der Waals surface area (Å²) in [6, 6.07) is 0. The van der Waals surface area contributed by atoms with E-state index in [4.69, 9.17) is 0 Å². The van der Waals surface area contributed by atoms with Crippen LogP contribution in [0.1, 0.15) is 65.7 Å². The Morgan fingerprint density at radius 1 is 1.00 bits per heavy atom. The van der Waals surface area contributed by atoms with Crippen LogP contribution in [0.5, 0.6) is 0 Å². The van der Waals surface area contributed by atoms with Gasteiger partial charge < -0.3 is 0 Å². The maximum absolute atomic E-state index is 2.34. The first-order valence-corrected chi connectivity index (χ1v) is 6.71. The average molecular weight is 206 g/mol. The number of rotatable bonds is 2. The van der Waals surface area contributed by atoms with E-state index in [0.717, 1.165) is 5.92 Å². The molecule has 15 heavy (non-hydrogen) atoms. The molecule has 2 aliphatic carbocycles. The monoisotopic (exact) mass is 206 g/mol. The highest BCUT2D eigenvalue weighted by Gasteiger charge is 2.22. The van der Waals surface area contributed by atoms with Crippen LogP contribution in [-0.4, -0.2) is 0 Å². The summed E-state index contributed by atoms with van der Waals surface area (Å²) in [6.07, 6.45) is 14.4. The molecule has 0 radical (unpaired) electrons. The molecule has 0 aromatic heterocycles.